The predicted octanol–water partition coefficient (Wildman–Crippen LogP) is 4.14. The van der Waals surface area contributed by atoms with Crippen molar-refractivity contribution < 1.29 is 4.74 Å². The van der Waals surface area contributed by atoms with Gasteiger partial charge in [0.1, 0.15) is 0 Å². The van der Waals surface area contributed by atoms with Crippen molar-refractivity contribution in [2.24, 2.45) is 11.8 Å². The third-order valence-electron chi connectivity index (χ3n) is 5.31. The standard InChI is InChI=1S/C17H33NO/c1-16(2)12-14(17(3,4)19-16)15(18-5)11-13-9-7-6-8-10-13/h13-15,18H,6-12H2,1-5H3. The quantitative estimate of drug-likeness (QED) is 0.826. The smallest absolute Gasteiger partial charge is 0.0677 e. The maximum absolute atomic E-state index is 6.28. The fraction of sp³-hybridized carbons (Fsp3) is 1.00. The molecule has 1 saturated heterocycles. The van der Waals surface area contributed by atoms with Gasteiger partial charge < -0.3 is 10.1 Å². The van der Waals surface area contributed by atoms with Gasteiger partial charge in [-0.3, -0.25) is 0 Å². The second kappa shape index (κ2) is 5.73. The Kier molecular flexibility index (Phi) is 4.62. The van der Waals surface area contributed by atoms with E-state index in [9.17, 15) is 0 Å². The molecule has 2 unspecified atom stereocenters. The van der Waals surface area contributed by atoms with Gasteiger partial charge in [-0.15, -0.1) is 0 Å². The minimum atomic E-state index is 0.00580. The van der Waals surface area contributed by atoms with E-state index in [0.717, 1.165) is 5.92 Å². The highest BCUT2D eigenvalue weighted by atomic mass is 16.5. The van der Waals surface area contributed by atoms with Crippen molar-refractivity contribution >= 4 is 0 Å². The maximum atomic E-state index is 6.28. The third kappa shape index (κ3) is 3.72. The van der Waals surface area contributed by atoms with Gasteiger partial charge in [-0.25, -0.2) is 0 Å². The number of nitrogens with one attached hydrogen (secondary N) is 1. The summed E-state index contributed by atoms with van der Waals surface area (Å²) >= 11 is 0. The van der Waals surface area contributed by atoms with Crippen LogP contribution in [0.2, 0.25) is 0 Å². The molecule has 112 valence electrons. The van der Waals surface area contributed by atoms with Crippen LogP contribution < -0.4 is 5.32 Å². The Bertz CT molecular complexity index is 292. The van der Waals surface area contributed by atoms with Crippen LogP contribution in [0.5, 0.6) is 0 Å². The first-order chi connectivity index (χ1) is 8.84. The van der Waals surface area contributed by atoms with Crippen molar-refractivity contribution in [3.8, 4) is 0 Å². The molecule has 2 rings (SSSR count). The maximum Gasteiger partial charge on any atom is 0.0677 e. The lowest BCUT2D eigenvalue weighted by atomic mass is 9.75. The number of rotatable bonds is 4. The van der Waals surface area contributed by atoms with Crippen molar-refractivity contribution in [1.82, 2.24) is 5.32 Å². The highest BCUT2D eigenvalue weighted by Crippen LogP contribution is 2.45. The lowest BCUT2D eigenvalue weighted by Crippen LogP contribution is -2.44. The Hall–Kier alpha value is -0.0800. The average Bonchev–Trinajstić information content (AvgIpc) is 2.55. The minimum absolute atomic E-state index is 0.00580. The van der Waals surface area contributed by atoms with E-state index >= 15 is 0 Å². The van der Waals surface area contributed by atoms with Crippen LogP contribution in [-0.4, -0.2) is 24.3 Å². The van der Waals surface area contributed by atoms with Crippen LogP contribution in [0.1, 0.15) is 72.6 Å². The van der Waals surface area contributed by atoms with Crippen LogP contribution in [0.3, 0.4) is 0 Å². The lowest BCUT2D eigenvalue weighted by molar-refractivity contribution is -0.0782. The van der Waals surface area contributed by atoms with Gasteiger partial charge in [-0.1, -0.05) is 32.1 Å². The van der Waals surface area contributed by atoms with E-state index < -0.39 is 0 Å². The summed E-state index contributed by atoms with van der Waals surface area (Å²) in [6.45, 7) is 9.03. The van der Waals surface area contributed by atoms with Crippen molar-refractivity contribution in [3.63, 3.8) is 0 Å². The molecule has 19 heavy (non-hydrogen) atoms. The molecule has 0 amide bonds. The van der Waals surface area contributed by atoms with E-state index in [1.807, 2.05) is 0 Å². The van der Waals surface area contributed by atoms with E-state index in [4.69, 9.17) is 4.74 Å². The lowest BCUT2D eigenvalue weighted by Gasteiger charge is -2.35. The first kappa shape index (κ1) is 15.3. The molecular formula is C17H33NO. The average molecular weight is 267 g/mol. The van der Waals surface area contributed by atoms with Crippen molar-refractivity contribution in [3.05, 3.63) is 0 Å². The van der Waals surface area contributed by atoms with Crippen molar-refractivity contribution in [2.75, 3.05) is 7.05 Å². The monoisotopic (exact) mass is 267 g/mol. The van der Waals surface area contributed by atoms with Crippen LogP contribution >= 0.6 is 0 Å². The summed E-state index contributed by atoms with van der Waals surface area (Å²) in [5.41, 5.74) is 0.0433. The van der Waals surface area contributed by atoms with Gasteiger partial charge in [0.2, 0.25) is 0 Å². The zero-order valence-corrected chi connectivity index (χ0v) is 13.6. The van der Waals surface area contributed by atoms with Gasteiger partial charge in [0.15, 0.2) is 0 Å². The molecule has 2 nitrogen and oxygen atoms in total. The van der Waals surface area contributed by atoms with Gasteiger partial charge in [0, 0.05) is 12.0 Å². The fourth-order valence-electron chi connectivity index (χ4n) is 4.50. The van der Waals surface area contributed by atoms with Crippen LogP contribution in [0.25, 0.3) is 0 Å². The van der Waals surface area contributed by atoms with Gasteiger partial charge in [-0.2, -0.15) is 0 Å². The van der Waals surface area contributed by atoms with Crippen molar-refractivity contribution in [2.45, 2.75) is 89.9 Å². The number of hydrogen-bond acceptors (Lipinski definition) is 2. The minimum Gasteiger partial charge on any atom is -0.369 e. The summed E-state index contributed by atoms with van der Waals surface area (Å²) in [5.74, 6) is 1.57. The molecule has 2 fully saturated rings. The first-order valence-corrected chi connectivity index (χ1v) is 8.21. The topological polar surface area (TPSA) is 21.3 Å². The molecule has 1 saturated carbocycles. The molecule has 0 aromatic carbocycles. The van der Waals surface area contributed by atoms with E-state index in [2.05, 4.69) is 40.1 Å². The second-order valence-corrected chi connectivity index (χ2v) is 7.91. The molecule has 0 spiro atoms. The van der Waals surface area contributed by atoms with Crippen LogP contribution in [0.15, 0.2) is 0 Å². The molecule has 1 aliphatic heterocycles. The van der Waals surface area contributed by atoms with Crippen LogP contribution in [0.4, 0.5) is 0 Å². The van der Waals surface area contributed by atoms with Gasteiger partial charge in [0.25, 0.3) is 0 Å². The molecule has 0 aromatic heterocycles. The summed E-state index contributed by atoms with van der Waals surface area (Å²) in [6, 6.07) is 0.611. The Morgan fingerprint density at radius 3 is 2.21 bits per heavy atom. The highest BCUT2D eigenvalue weighted by molar-refractivity contribution is 4.99. The van der Waals surface area contributed by atoms with E-state index in [1.54, 1.807) is 0 Å². The number of ether oxygens (including phenoxy) is 1. The molecule has 2 aliphatic rings. The molecule has 2 atom stereocenters. The van der Waals surface area contributed by atoms with Gasteiger partial charge >= 0.3 is 0 Å². The summed E-state index contributed by atoms with van der Waals surface area (Å²) in [5, 5.41) is 3.60. The van der Waals surface area contributed by atoms with E-state index in [1.165, 1.54) is 44.9 Å². The fourth-order valence-corrected chi connectivity index (χ4v) is 4.50. The molecule has 0 bridgehead atoms. The summed E-state index contributed by atoms with van der Waals surface area (Å²) in [6.07, 6.45) is 9.73. The zero-order chi connectivity index (χ0) is 14.1. The van der Waals surface area contributed by atoms with E-state index in [-0.39, 0.29) is 11.2 Å². The Morgan fingerprint density at radius 2 is 1.74 bits per heavy atom. The third-order valence-corrected chi connectivity index (χ3v) is 5.31. The Balaban J connectivity index is 2.00. The van der Waals surface area contributed by atoms with Crippen molar-refractivity contribution in [1.29, 1.82) is 0 Å². The molecule has 1 heterocycles. The Labute approximate surface area is 119 Å². The molecule has 0 aromatic rings. The predicted molar refractivity (Wildman–Crippen MR) is 81.4 cm³/mol. The normalized spacial score (nSPS) is 32.4. The van der Waals surface area contributed by atoms with Gasteiger partial charge in [-0.05, 0) is 53.5 Å². The van der Waals surface area contributed by atoms with Crippen LogP contribution in [-0.2, 0) is 4.74 Å². The van der Waals surface area contributed by atoms with E-state index in [0.29, 0.717) is 12.0 Å². The summed E-state index contributed by atoms with van der Waals surface area (Å²) in [4.78, 5) is 0. The molecule has 1 aliphatic carbocycles. The second-order valence-electron chi connectivity index (χ2n) is 7.91. The number of hydrogen-bond donors (Lipinski definition) is 1. The van der Waals surface area contributed by atoms with Gasteiger partial charge in [0.05, 0.1) is 11.2 Å². The largest absolute Gasteiger partial charge is 0.369 e. The Morgan fingerprint density at radius 1 is 1.11 bits per heavy atom. The summed E-state index contributed by atoms with van der Waals surface area (Å²) < 4.78 is 6.28. The first-order valence-electron chi connectivity index (χ1n) is 8.21. The summed E-state index contributed by atoms with van der Waals surface area (Å²) in [7, 11) is 2.13. The van der Waals surface area contributed by atoms with Crippen LogP contribution in [0, 0.1) is 11.8 Å². The molecule has 1 N–H and O–H groups in total. The molecule has 2 heteroatoms. The zero-order valence-electron chi connectivity index (χ0n) is 13.6. The highest BCUT2D eigenvalue weighted by Gasteiger charge is 2.48. The molecular weight excluding hydrogens is 234 g/mol. The molecule has 0 radical (unpaired) electrons. The SMILES string of the molecule is CNC(CC1CCCCC1)C1CC(C)(C)OC1(C)C.